The predicted octanol–water partition coefficient (Wildman–Crippen LogP) is 2.98. The van der Waals surface area contributed by atoms with Gasteiger partial charge in [-0.15, -0.1) is 11.3 Å². The van der Waals surface area contributed by atoms with Crippen molar-refractivity contribution in [3.8, 4) is 0 Å². The molecule has 0 unspecified atom stereocenters. The molecule has 2 aliphatic rings. The lowest BCUT2D eigenvalue weighted by atomic mass is 9.73. The lowest BCUT2D eigenvalue weighted by molar-refractivity contribution is -0.131. The van der Waals surface area contributed by atoms with Gasteiger partial charge in [-0.25, -0.2) is 4.98 Å². The molecule has 0 atom stereocenters. The minimum absolute atomic E-state index is 0.166. The van der Waals surface area contributed by atoms with Crippen LogP contribution >= 0.6 is 11.3 Å². The molecule has 0 bridgehead atoms. The lowest BCUT2D eigenvalue weighted by Gasteiger charge is -2.39. The molecule has 26 heavy (non-hydrogen) atoms. The molecule has 3 heterocycles. The third-order valence-electron chi connectivity index (χ3n) is 5.63. The van der Waals surface area contributed by atoms with Crippen molar-refractivity contribution in [2.45, 2.75) is 37.1 Å². The van der Waals surface area contributed by atoms with Crippen LogP contribution in [0.15, 0.2) is 41.9 Å². The van der Waals surface area contributed by atoms with Gasteiger partial charge in [0, 0.05) is 43.9 Å². The summed E-state index contributed by atoms with van der Waals surface area (Å²) < 4.78 is 5.55. The highest BCUT2D eigenvalue weighted by Crippen LogP contribution is 2.35. The van der Waals surface area contributed by atoms with Crippen molar-refractivity contribution in [2.75, 3.05) is 31.2 Å². The van der Waals surface area contributed by atoms with Crippen molar-refractivity contribution in [2.24, 2.45) is 0 Å². The highest BCUT2D eigenvalue weighted by Gasteiger charge is 2.42. The van der Waals surface area contributed by atoms with Crippen molar-refractivity contribution < 1.29 is 9.53 Å². The molecule has 2 aliphatic heterocycles. The standard InChI is InChI=1S/C20H25N3O2S/c24-18(20(8-13-25-14-9-20)16-4-2-1-3-5-16)22-17-6-11-23(12-7-17)19-21-10-15-26-19/h1-5,10,15,17H,6-9,11-14H2,(H,22,24). The van der Waals surface area contributed by atoms with Gasteiger partial charge >= 0.3 is 0 Å². The Kier molecular flexibility index (Phi) is 5.22. The van der Waals surface area contributed by atoms with Gasteiger partial charge in [-0.2, -0.15) is 0 Å². The van der Waals surface area contributed by atoms with Crippen LogP contribution < -0.4 is 10.2 Å². The van der Waals surface area contributed by atoms with E-state index in [0.717, 1.165) is 49.5 Å². The Morgan fingerprint density at radius 2 is 1.92 bits per heavy atom. The van der Waals surface area contributed by atoms with E-state index >= 15 is 0 Å². The summed E-state index contributed by atoms with van der Waals surface area (Å²) in [6.07, 6.45) is 5.28. The summed E-state index contributed by atoms with van der Waals surface area (Å²) in [5.41, 5.74) is 0.660. The molecular weight excluding hydrogens is 346 g/mol. The normalized spacial score (nSPS) is 20.7. The zero-order chi connectivity index (χ0) is 17.8. The minimum atomic E-state index is -0.452. The van der Waals surface area contributed by atoms with Gasteiger partial charge in [0.25, 0.3) is 0 Å². The average molecular weight is 372 g/mol. The topological polar surface area (TPSA) is 54.5 Å². The molecule has 1 amide bonds. The quantitative estimate of drug-likeness (QED) is 0.898. The fourth-order valence-corrected chi connectivity index (χ4v) is 4.73. The molecule has 6 heteroatoms. The van der Waals surface area contributed by atoms with Crippen LogP contribution in [0.1, 0.15) is 31.2 Å². The monoisotopic (exact) mass is 371 g/mol. The maximum atomic E-state index is 13.3. The number of thiazole rings is 1. The Morgan fingerprint density at radius 3 is 2.58 bits per heavy atom. The van der Waals surface area contributed by atoms with Crippen LogP contribution in [-0.2, 0) is 14.9 Å². The zero-order valence-corrected chi connectivity index (χ0v) is 15.7. The Bertz CT molecular complexity index is 706. The van der Waals surface area contributed by atoms with E-state index < -0.39 is 5.41 Å². The van der Waals surface area contributed by atoms with Gasteiger partial charge in [0.15, 0.2) is 5.13 Å². The number of aromatic nitrogens is 1. The molecule has 2 fully saturated rings. The summed E-state index contributed by atoms with van der Waals surface area (Å²) in [6, 6.07) is 10.4. The summed E-state index contributed by atoms with van der Waals surface area (Å²) >= 11 is 1.68. The molecular formula is C20H25N3O2S. The Labute approximate surface area is 158 Å². The van der Waals surface area contributed by atoms with Crippen LogP contribution in [0.3, 0.4) is 0 Å². The molecule has 1 aromatic heterocycles. The number of amides is 1. The molecule has 0 saturated carbocycles. The molecule has 4 rings (SSSR count). The van der Waals surface area contributed by atoms with Crippen LogP contribution in [0, 0.1) is 0 Å². The van der Waals surface area contributed by atoms with E-state index in [0.29, 0.717) is 13.2 Å². The first-order valence-corrected chi connectivity index (χ1v) is 10.2. The van der Waals surface area contributed by atoms with E-state index in [1.807, 2.05) is 29.8 Å². The van der Waals surface area contributed by atoms with E-state index in [1.165, 1.54) is 0 Å². The number of ether oxygens (including phenoxy) is 1. The SMILES string of the molecule is O=C(NC1CCN(c2nccs2)CC1)C1(c2ccccc2)CCOCC1. The Morgan fingerprint density at radius 1 is 1.19 bits per heavy atom. The molecule has 1 N–H and O–H groups in total. The Balaban J connectivity index is 1.43. The van der Waals surface area contributed by atoms with E-state index in [1.54, 1.807) is 11.3 Å². The fourth-order valence-electron chi connectivity index (χ4n) is 4.03. The number of carbonyl (C=O) groups excluding carboxylic acids is 1. The van der Waals surface area contributed by atoms with Gasteiger partial charge in [0.1, 0.15) is 0 Å². The van der Waals surface area contributed by atoms with Gasteiger partial charge in [-0.1, -0.05) is 30.3 Å². The molecule has 2 saturated heterocycles. The highest BCUT2D eigenvalue weighted by molar-refractivity contribution is 7.13. The fraction of sp³-hybridized carbons (Fsp3) is 0.500. The van der Waals surface area contributed by atoms with E-state index in [2.05, 4.69) is 27.3 Å². The van der Waals surface area contributed by atoms with Gasteiger partial charge < -0.3 is 15.0 Å². The number of anilines is 1. The number of piperidine rings is 1. The van der Waals surface area contributed by atoms with Gasteiger partial charge in [-0.3, -0.25) is 4.79 Å². The number of nitrogens with one attached hydrogen (secondary N) is 1. The number of benzene rings is 1. The summed E-state index contributed by atoms with van der Waals surface area (Å²) in [4.78, 5) is 20.0. The van der Waals surface area contributed by atoms with Gasteiger partial charge in [0.05, 0.1) is 5.41 Å². The first kappa shape index (κ1) is 17.5. The second kappa shape index (κ2) is 7.76. The molecule has 1 aromatic carbocycles. The van der Waals surface area contributed by atoms with Gasteiger partial charge in [0.2, 0.25) is 5.91 Å². The van der Waals surface area contributed by atoms with E-state index in [-0.39, 0.29) is 11.9 Å². The Hall–Kier alpha value is -1.92. The van der Waals surface area contributed by atoms with Crippen LogP contribution in [0.4, 0.5) is 5.13 Å². The molecule has 0 aliphatic carbocycles. The number of carbonyl (C=O) groups is 1. The van der Waals surface area contributed by atoms with Crippen molar-refractivity contribution in [3.05, 3.63) is 47.5 Å². The maximum Gasteiger partial charge on any atom is 0.231 e. The smallest absolute Gasteiger partial charge is 0.231 e. The van der Waals surface area contributed by atoms with Crippen LogP contribution in [0.5, 0.6) is 0 Å². The largest absolute Gasteiger partial charge is 0.381 e. The summed E-state index contributed by atoms with van der Waals surface area (Å²) in [7, 11) is 0. The number of hydrogen-bond donors (Lipinski definition) is 1. The molecule has 0 radical (unpaired) electrons. The number of hydrogen-bond acceptors (Lipinski definition) is 5. The molecule has 2 aromatic rings. The summed E-state index contributed by atoms with van der Waals surface area (Å²) in [5, 5.41) is 6.45. The van der Waals surface area contributed by atoms with Crippen LogP contribution in [0.2, 0.25) is 0 Å². The molecule has 5 nitrogen and oxygen atoms in total. The third kappa shape index (κ3) is 3.48. The number of nitrogens with zero attached hydrogens (tertiary/aromatic N) is 2. The van der Waals surface area contributed by atoms with E-state index in [4.69, 9.17) is 4.74 Å². The summed E-state index contributed by atoms with van der Waals surface area (Å²) in [6.45, 7) is 3.18. The third-order valence-corrected chi connectivity index (χ3v) is 6.46. The lowest BCUT2D eigenvalue weighted by Crippen LogP contribution is -2.53. The second-order valence-electron chi connectivity index (χ2n) is 7.11. The van der Waals surface area contributed by atoms with Gasteiger partial charge in [-0.05, 0) is 31.2 Å². The van der Waals surface area contributed by atoms with Crippen molar-refractivity contribution in [1.82, 2.24) is 10.3 Å². The average Bonchev–Trinajstić information content (AvgIpc) is 3.24. The minimum Gasteiger partial charge on any atom is -0.381 e. The summed E-state index contributed by atoms with van der Waals surface area (Å²) in [5.74, 6) is 0.166. The second-order valence-corrected chi connectivity index (χ2v) is 7.98. The first-order valence-electron chi connectivity index (χ1n) is 9.37. The molecule has 0 spiro atoms. The highest BCUT2D eigenvalue weighted by atomic mass is 32.1. The molecule has 138 valence electrons. The number of rotatable bonds is 4. The van der Waals surface area contributed by atoms with Crippen molar-refractivity contribution >= 4 is 22.4 Å². The van der Waals surface area contributed by atoms with E-state index in [9.17, 15) is 4.79 Å². The van der Waals surface area contributed by atoms with Crippen molar-refractivity contribution in [3.63, 3.8) is 0 Å². The van der Waals surface area contributed by atoms with Crippen LogP contribution in [-0.4, -0.2) is 43.2 Å². The van der Waals surface area contributed by atoms with Crippen LogP contribution in [0.25, 0.3) is 0 Å². The predicted molar refractivity (Wildman–Crippen MR) is 104 cm³/mol. The first-order chi connectivity index (χ1) is 12.8. The van der Waals surface area contributed by atoms with Crippen molar-refractivity contribution in [1.29, 1.82) is 0 Å². The zero-order valence-electron chi connectivity index (χ0n) is 14.9. The maximum absolute atomic E-state index is 13.3.